The molecule has 1 aliphatic heterocycles. The van der Waals surface area contributed by atoms with Gasteiger partial charge in [0.1, 0.15) is 5.60 Å². The first-order chi connectivity index (χ1) is 9.98. The topological polar surface area (TPSA) is 66.8 Å². The van der Waals surface area contributed by atoms with E-state index in [1.54, 1.807) is 4.90 Å². The number of ketones is 1. The molecule has 1 N–H and O–H groups in total. The molecule has 1 unspecified atom stereocenters. The number of hydrogen-bond donors (Lipinski definition) is 1. The molecule has 2 fully saturated rings. The molecular formula is C17H27NO4. The highest BCUT2D eigenvalue weighted by Crippen LogP contribution is 2.51. The summed E-state index contributed by atoms with van der Waals surface area (Å²) in [5, 5.41) is 9.38. The lowest BCUT2D eigenvalue weighted by Crippen LogP contribution is -2.43. The van der Waals surface area contributed by atoms with E-state index in [1.165, 1.54) is 0 Å². The first kappa shape index (κ1) is 16.8. The van der Waals surface area contributed by atoms with Gasteiger partial charge in [0.05, 0.1) is 6.26 Å². The van der Waals surface area contributed by atoms with Crippen molar-refractivity contribution in [2.75, 3.05) is 13.1 Å². The molecular weight excluding hydrogens is 282 g/mol. The Morgan fingerprint density at radius 1 is 1.36 bits per heavy atom. The van der Waals surface area contributed by atoms with E-state index in [9.17, 15) is 14.7 Å². The Hall–Kier alpha value is -1.52. The van der Waals surface area contributed by atoms with E-state index in [-0.39, 0.29) is 17.3 Å². The number of hydrogen-bond acceptors (Lipinski definition) is 4. The lowest BCUT2D eigenvalue weighted by atomic mass is 9.61. The van der Waals surface area contributed by atoms with Crippen LogP contribution in [0.3, 0.4) is 0 Å². The predicted octanol–water partition coefficient (Wildman–Crippen LogP) is 3.44. The van der Waals surface area contributed by atoms with Gasteiger partial charge >= 0.3 is 6.09 Å². The van der Waals surface area contributed by atoms with E-state index in [4.69, 9.17) is 4.74 Å². The van der Waals surface area contributed by atoms with E-state index in [1.807, 2.05) is 34.6 Å². The highest BCUT2D eigenvalue weighted by molar-refractivity contribution is 6.00. The van der Waals surface area contributed by atoms with Gasteiger partial charge in [0.25, 0.3) is 0 Å². The Morgan fingerprint density at radius 3 is 2.55 bits per heavy atom. The van der Waals surface area contributed by atoms with Crippen LogP contribution in [0.5, 0.6) is 0 Å². The monoisotopic (exact) mass is 309 g/mol. The third-order valence-corrected chi connectivity index (χ3v) is 4.53. The highest BCUT2D eigenvalue weighted by atomic mass is 16.6. The maximum atomic E-state index is 12.3. The number of allylic oxidation sites excluding steroid dienone is 1. The summed E-state index contributed by atoms with van der Waals surface area (Å²) < 4.78 is 5.44. The number of Topliss-reactive ketones (excluding diaryl/α,β-unsaturated/α-hetero) is 1. The third kappa shape index (κ3) is 3.28. The van der Waals surface area contributed by atoms with Gasteiger partial charge in [-0.1, -0.05) is 13.8 Å². The average molecular weight is 309 g/mol. The predicted molar refractivity (Wildman–Crippen MR) is 83.6 cm³/mol. The van der Waals surface area contributed by atoms with Crippen LogP contribution in [0.4, 0.5) is 4.79 Å². The van der Waals surface area contributed by atoms with Crippen molar-refractivity contribution in [2.45, 2.75) is 59.5 Å². The number of likely N-dealkylation sites (tertiary alicyclic amines) is 1. The lowest BCUT2D eigenvalue weighted by molar-refractivity contribution is -0.127. The van der Waals surface area contributed by atoms with Gasteiger partial charge in [-0.05, 0) is 45.4 Å². The standard InChI is InChI=1S/C17H27NO4/c1-15(2,3)22-14(21)18-7-6-17(11-18)8-12(9-19)13(20)16(4,5)10-17/h9,19H,6-8,10-11H2,1-5H3/b12-9-. The second-order valence-electron chi connectivity index (χ2n) is 8.37. The van der Waals surface area contributed by atoms with Gasteiger partial charge in [0, 0.05) is 24.1 Å². The molecule has 1 atom stereocenters. The summed E-state index contributed by atoms with van der Waals surface area (Å²) in [6.07, 6.45) is 2.75. The summed E-state index contributed by atoms with van der Waals surface area (Å²) in [7, 11) is 0. The van der Waals surface area contributed by atoms with Gasteiger partial charge in [-0.25, -0.2) is 4.79 Å². The zero-order valence-corrected chi connectivity index (χ0v) is 14.2. The molecule has 0 radical (unpaired) electrons. The van der Waals surface area contributed by atoms with Gasteiger partial charge in [-0.2, -0.15) is 0 Å². The molecule has 1 heterocycles. The Morgan fingerprint density at radius 2 is 2.00 bits per heavy atom. The summed E-state index contributed by atoms with van der Waals surface area (Å²) in [6.45, 7) is 10.6. The number of carbonyl (C=O) groups is 2. The minimum absolute atomic E-state index is 0.0105. The van der Waals surface area contributed by atoms with Crippen LogP contribution in [-0.2, 0) is 9.53 Å². The van der Waals surface area contributed by atoms with Crippen LogP contribution in [0, 0.1) is 10.8 Å². The van der Waals surface area contributed by atoms with Crippen molar-refractivity contribution < 1.29 is 19.4 Å². The molecule has 1 spiro atoms. The summed E-state index contributed by atoms with van der Waals surface area (Å²) in [6, 6.07) is 0. The summed E-state index contributed by atoms with van der Waals surface area (Å²) in [5.74, 6) is 0.0105. The second kappa shape index (κ2) is 5.28. The van der Waals surface area contributed by atoms with Gasteiger partial charge in [-0.3, -0.25) is 4.79 Å². The van der Waals surface area contributed by atoms with E-state index < -0.39 is 11.0 Å². The van der Waals surface area contributed by atoms with E-state index in [0.29, 0.717) is 25.1 Å². The zero-order valence-electron chi connectivity index (χ0n) is 14.2. The normalized spacial score (nSPS) is 30.1. The van der Waals surface area contributed by atoms with Gasteiger partial charge < -0.3 is 14.7 Å². The number of aliphatic hydroxyl groups excluding tert-OH is 1. The van der Waals surface area contributed by atoms with Crippen molar-refractivity contribution in [1.29, 1.82) is 0 Å². The maximum absolute atomic E-state index is 12.3. The minimum Gasteiger partial charge on any atom is -0.515 e. The largest absolute Gasteiger partial charge is 0.515 e. The van der Waals surface area contributed by atoms with Crippen molar-refractivity contribution in [3.8, 4) is 0 Å². The van der Waals surface area contributed by atoms with Crippen LogP contribution < -0.4 is 0 Å². The summed E-state index contributed by atoms with van der Waals surface area (Å²) in [4.78, 5) is 26.3. The number of carbonyl (C=O) groups excluding carboxylic acids is 2. The van der Waals surface area contributed by atoms with Crippen LogP contribution >= 0.6 is 0 Å². The Balaban J connectivity index is 2.14. The Labute approximate surface area is 132 Å². The molecule has 0 bridgehead atoms. The zero-order chi connectivity index (χ0) is 16.8. The molecule has 124 valence electrons. The molecule has 0 aromatic carbocycles. The molecule has 5 nitrogen and oxygen atoms in total. The van der Waals surface area contributed by atoms with Crippen LogP contribution in [0.2, 0.25) is 0 Å². The number of rotatable bonds is 0. The van der Waals surface area contributed by atoms with Crippen LogP contribution in [-0.4, -0.2) is 40.6 Å². The molecule has 1 aliphatic carbocycles. The average Bonchev–Trinajstić information content (AvgIpc) is 2.75. The maximum Gasteiger partial charge on any atom is 0.410 e. The quantitative estimate of drug-likeness (QED) is 0.550. The van der Waals surface area contributed by atoms with Gasteiger partial charge in [-0.15, -0.1) is 0 Å². The fourth-order valence-corrected chi connectivity index (χ4v) is 3.81. The SMILES string of the molecule is CC(C)(C)OC(=O)N1CCC2(C/C(=C/O)C(=O)C(C)(C)C2)C1. The smallest absolute Gasteiger partial charge is 0.410 e. The molecule has 1 saturated carbocycles. The fourth-order valence-electron chi connectivity index (χ4n) is 3.81. The van der Waals surface area contributed by atoms with Crippen LogP contribution in [0.15, 0.2) is 11.8 Å². The summed E-state index contributed by atoms with van der Waals surface area (Å²) >= 11 is 0. The number of aliphatic hydroxyl groups is 1. The fraction of sp³-hybridized carbons (Fsp3) is 0.765. The van der Waals surface area contributed by atoms with Crippen molar-refractivity contribution >= 4 is 11.9 Å². The van der Waals surface area contributed by atoms with E-state index >= 15 is 0 Å². The van der Waals surface area contributed by atoms with Crippen molar-refractivity contribution in [3.63, 3.8) is 0 Å². The molecule has 22 heavy (non-hydrogen) atoms. The molecule has 2 aliphatic rings. The summed E-state index contributed by atoms with van der Waals surface area (Å²) in [5.41, 5.74) is -0.674. The third-order valence-electron chi connectivity index (χ3n) is 4.53. The lowest BCUT2D eigenvalue weighted by Gasteiger charge is -2.42. The van der Waals surface area contributed by atoms with Crippen LogP contribution in [0.25, 0.3) is 0 Å². The molecule has 2 rings (SSSR count). The minimum atomic E-state index is -0.509. The molecule has 0 aromatic heterocycles. The van der Waals surface area contributed by atoms with Crippen molar-refractivity contribution in [1.82, 2.24) is 4.90 Å². The number of nitrogens with zero attached hydrogens (tertiary/aromatic N) is 1. The molecule has 5 heteroatoms. The van der Waals surface area contributed by atoms with Crippen molar-refractivity contribution in [2.24, 2.45) is 10.8 Å². The van der Waals surface area contributed by atoms with Crippen molar-refractivity contribution in [3.05, 3.63) is 11.8 Å². The van der Waals surface area contributed by atoms with E-state index in [2.05, 4.69) is 0 Å². The Bertz CT molecular complexity index is 515. The molecule has 1 amide bonds. The first-order valence-corrected chi connectivity index (χ1v) is 7.84. The molecule has 0 aromatic rings. The number of ether oxygens (including phenoxy) is 1. The molecule has 1 saturated heterocycles. The number of amides is 1. The highest BCUT2D eigenvalue weighted by Gasteiger charge is 2.51. The van der Waals surface area contributed by atoms with Gasteiger partial charge in [0.15, 0.2) is 5.78 Å². The first-order valence-electron chi connectivity index (χ1n) is 7.84. The van der Waals surface area contributed by atoms with Gasteiger partial charge in [0.2, 0.25) is 0 Å². The second-order valence-corrected chi connectivity index (χ2v) is 8.37. The van der Waals surface area contributed by atoms with Crippen LogP contribution in [0.1, 0.15) is 53.9 Å². The van der Waals surface area contributed by atoms with E-state index in [0.717, 1.165) is 19.1 Å². The Kier molecular flexibility index (Phi) is 4.05.